The van der Waals surface area contributed by atoms with Crippen molar-refractivity contribution in [3.8, 4) is 0 Å². The van der Waals surface area contributed by atoms with Gasteiger partial charge in [0, 0.05) is 32.2 Å². The predicted octanol–water partition coefficient (Wildman–Crippen LogP) is 3.18. The molecule has 0 unspecified atom stereocenters. The summed E-state index contributed by atoms with van der Waals surface area (Å²) in [6.45, 7) is 6.03. The molecule has 1 aromatic rings. The van der Waals surface area contributed by atoms with Crippen LogP contribution in [0.15, 0.2) is 29.3 Å². The van der Waals surface area contributed by atoms with Gasteiger partial charge < -0.3 is 10.2 Å². The summed E-state index contributed by atoms with van der Waals surface area (Å²) in [5.74, 6) is 0.698. The van der Waals surface area contributed by atoms with E-state index in [0.717, 1.165) is 5.56 Å². The quantitative estimate of drug-likeness (QED) is 0.394. The highest BCUT2D eigenvalue weighted by atomic mass is 127. The van der Waals surface area contributed by atoms with Gasteiger partial charge in [-0.2, -0.15) is 0 Å². The largest absolute Gasteiger partial charge is 0.355 e. The van der Waals surface area contributed by atoms with Crippen molar-refractivity contribution < 1.29 is 8.42 Å². The zero-order chi connectivity index (χ0) is 17.7. The number of rotatable bonds is 5. The van der Waals surface area contributed by atoms with Gasteiger partial charge in [0.2, 0.25) is 0 Å². The lowest BCUT2D eigenvalue weighted by Crippen LogP contribution is -2.42. The van der Waals surface area contributed by atoms with Gasteiger partial charge >= 0.3 is 0 Å². The van der Waals surface area contributed by atoms with Gasteiger partial charge in [-0.15, -0.1) is 24.0 Å². The SMILES string of the molecule is CN=C(NCCS(=O)(=O)C(C)(C)C)N(C)Cc1ccccc1Cl.I. The van der Waals surface area contributed by atoms with Gasteiger partial charge in [-0.25, -0.2) is 8.42 Å². The van der Waals surface area contributed by atoms with Crippen LogP contribution >= 0.6 is 35.6 Å². The van der Waals surface area contributed by atoms with Crippen molar-refractivity contribution in [2.75, 3.05) is 26.4 Å². The summed E-state index contributed by atoms with van der Waals surface area (Å²) >= 11 is 6.16. The van der Waals surface area contributed by atoms with Gasteiger partial charge in [-0.05, 0) is 32.4 Å². The first-order valence-corrected chi connectivity index (χ1v) is 9.49. The predicted molar refractivity (Wildman–Crippen MR) is 113 cm³/mol. The number of guanidine groups is 1. The molecule has 1 rings (SSSR count). The number of halogens is 2. The van der Waals surface area contributed by atoms with E-state index in [9.17, 15) is 8.42 Å². The molecule has 0 atom stereocenters. The maximum atomic E-state index is 12.1. The summed E-state index contributed by atoms with van der Waals surface area (Å²) in [5.41, 5.74) is 0.988. The van der Waals surface area contributed by atoms with E-state index in [1.807, 2.05) is 36.2 Å². The minimum atomic E-state index is -3.15. The van der Waals surface area contributed by atoms with Crippen LogP contribution in [0.3, 0.4) is 0 Å². The Morgan fingerprint density at radius 2 is 1.88 bits per heavy atom. The van der Waals surface area contributed by atoms with Crippen LogP contribution in [-0.4, -0.2) is 50.4 Å². The Balaban J connectivity index is 0.00000529. The first-order chi connectivity index (χ1) is 10.6. The van der Waals surface area contributed by atoms with Crippen LogP contribution in [0.1, 0.15) is 26.3 Å². The molecule has 8 heteroatoms. The maximum Gasteiger partial charge on any atom is 0.193 e. The number of aliphatic imine (C=N–C) groups is 1. The lowest BCUT2D eigenvalue weighted by molar-refractivity contribution is 0.478. The molecule has 0 spiro atoms. The first-order valence-electron chi connectivity index (χ1n) is 7.46. The molecule has 0 aliphatic carbocycles. The Kier molecular flexibility index (Phi) is 9.60. The monoisotopic (exact) mass is 487 g/mol. The molecule has 0 radical (unpaired) electrons. The van der Waals surface area contributed by atoms with Crippen molar-refractivity contribution in [3.63, 3.8) is 0 Å². The third kappa shape index (κ3) is 6.76. The van der Waals surface area contributed by atoms with Crippen molar-refractivity contribution >= 4 is 51.4 Å². The Bertz CT molecular complexity index is 658. The topological polar surface area (TPSA) is 61.8 Å². The van der Waals surface area contributed by atoms with E-state index >= 15 is 0 Å². The molecular formula is C16H27ClIN3O2S. The highest BCUT2D eigenvalue weighted by Gasteiger charge is 2.28. The molecule has 1 aromatic carbocycles. The van der Waals surface area contributed by atoms with Crippen LogP contribution < -0.4 is 5.32 Å². The summed E-state index contributed by atoms with van der Waals surface area (Å²) < 4.78 is 23.5. The number of hydrogen-bond donors (Lipinski definition) is 1. The van der Waals surface area contributed by atoms with Crippen molar-refractivity contribution in [1.29, 1.82) is 0 Å². The number of sulfone groups is 1. The van der Waals surface area contributed by atoms with E-state index in [4.69, 9.17) is 11.6 Å². The first kappa shape index (κ1) is 23.5. The Morgan fingerprint density at radius 1 is 1.29 bits per heavy atom. The van der Waals surface area contributed by atoms with Crippen LogP contribution in [0.5, 0.6) is 0 Å². The Labute approximate surface area is 167 Å². The molecule has 0 amide bonds. The average Bonchev–Trinajstić information content (AvgIpc) is 2.44. The molecule has 0 aliphatic rings. The van der Waals surface area contributed by atoms with Gasteiger partial charge in [-0.3, -0.25) is 4.99 Å². The smallest absolute Gasteiger partial charge is 0.193 e. The number of hydrogen-bond acceptors (Lipinski definition) is 3. The van der Waals surface area contributed by atoms with Crippen molar-refractivity contribution in [3.05, 3.63) is 34.9 Å². The third-order valence-electron chi connectivity index (χ3n) is 3.53. The molecule has 0 fully saturated rings. The fourth-order valence-electron chi connectivity index (χ4n) is 1.95. The van der Waals surface area contributed by atoms with E-state index in [1.54, 1.807) is 27.8 Å². The molecule has 1 N–H and O–H groups in total. The molecule has 5 nitrogen and oxygen atoms in total. The molecule has 24 heavy (non-hydrogen) atoms. The normalized spacial score (nSPS) is 12.5. The minimum Gasteiger partial charge on any atom is -0.355 e. The second-order valence-electron chi connectivity index (χ2n) is 6.35. The Hall–Kier alpha value is -0.540. The van der Waals surface area contributed by atoms with Crippen LogP contribution in [0.2, 0.25) is 5.02 Å². The highest BCUT2D eigenvalue weighted by molar-refractivity contribution is 14.0. The highest BCUT2D eigenvalue weighted by Crippen LogP contribution is 2.17. The van der Waals surface area contributed by atoms with Crippen molar-refractivity contribution in [2.24, 2.45) is 4.99 Å². The minimum absolute atomic E-state index is 0. The maximum absolute atomic E-state index is 12.1. The van der Waals surface area contributed by atoms with E-state index in [2.05, 4.69) is 10.3 Å². The van der Waals surface area contributed by atoms with E-state index in [0.29, 0.717) is 24.1 Å². The summed E-state index contributed by atoms with van der Waals surface area (Å²) in [7, 11) is 0.406. The number of nitrogens with zero attached hydrogens (tertiary/aromatic N) is 2. The number of benzene rings is 1. The summed E-state index contributed by atoms with van der Waals surface area (Å²) in [4.78, 5) is 6.10. The van der Waals surface area contributed by atoms with Gasteiger partial charge in [0.15, 0.2) is 15.8 Å². The lowest BCUT2D eigenvalue weighted by Gasteiger charge is -2.24. The Morgan fingerprint density at radius 3 is 2.38 bits per heavy atom. The zero-order valence-electron chi connectivity index (χ0n) is 14.8. The lowest BCUT2D eigenvalue weighted by atomic mass is 10.2. The van der Waals surface area contributed by atoms with E-state index in [-0.39, 0.29) is 29.7 Å². The molecule has 0 aromatic heterocycles. The van der Waals surface area contributed by atoms with Crippen LogP contribution in [-0.2, 0) is 16.4 Å². The molecule has 0 bridgehead atoms. The molecular weight excluding hydrogens is 461 g/mol. The van der Waals surface area contributed by atoms with Gasteiger partial charge in [-0.1, -0.05) is 29.8 Å². The molecule has 138 valence electrons. The molecule has 0 aliphatic heterocycles. The van der Waals surface area contributed by atoms with Gasteiger partial charge in [0.25, 0.3) is 0 Å². The third-order valence-corrected chi connectivity index (χ3v) is 6.50. The van der Waals surface area contributed by atoms with Crippen LogP contribution in [0.25, 0.3) is 0 Å². The van der Waals surface area contributed by atoms with Crippen LogP contribution in [0, 0.1) is 0 Å². The van der Waals surface area contributed by atoms with Crippen molar-refractivity contribution in [2.45, 2.75) is 32.1 Å². The van der Waals surface area contributed by atoms with Gasteiger partial charge in [0.1, 0.15) is 0 Å². The second kappa shape index (κ2) is 9.82. The molecule has 0 saturated carbocycles. The summed E-state index contributed by atoms with van der Waals surface area (Å²) in [6.07, 6.45) is 0. The summed E-state index contributed by atoms with van der Waals surface area (Å²) in [6, 6.07) is 7.62. The average molecular weight is 488 g/mol. The standard InChI is InChI=1S/C16H26ClN3O2S.HI/c1-16(2,3)23(21,22)11-10-19-15(18-4)20(5)12-13-8-6-7-9-14(13)17;/h6-9H,10-12H2,1-5H3,(H,18,19);1H. The number of nitrogens with one attached hydrogen (secondary N) is 1. The molecule has 0 saturated heterocycles. The van der Waals surface area contributed by atoms with Crippen LogP contribution in [0.4, 0.5) is 0 Å². The van der Waals surface area contributed by atoms with Gasteiger partial charge in [0.05, 0.1) is 10.5 Å². The molecule has 0 heterocycles. The van der Waals surface area contributed by atoms with Crippen molar-refractivity contribution in [1.82, 2.24) is 10.2 Å². The second-order valence-corrected chi connectivity index (χ2v) is 9.62. The fraction of sp³-hybridized carbons (Fsp3) is 0.562. The van der Waals surface area contributed by atoms with E-state index < -0.39 is 14.6 Å². The van der Waals surface area contributed by atoms with E-state index in [1.165, 1.54) is 0 Å². The zero-order valence-corrected chi connectivity index (χ0v) is 18.7. The summed E-state index contributed by atoms with van der Waals surface area (Å²) in [5, 5.41) is 3.79. The fourth-order valence-corrected chi connectivity index (χ4v) is 3.12.